The van der Waals surface area contributed by atoms with Crippen molar-refractivity contribution in [1.82, 2.24) is 10.2 Å². The summed E-state index contributed by atoms with van der Waals surface area (Å²) in [5, 5.41) is 2.77. The lowest BCUT2D eigenvalue weighted by atomic mass is 10.1. The van der Waals surface area contributed by atoms with E-state index in [-0.39, 0.29) is 23.5 Å². The standard InChI is InChI=1S/C25H34FN3O6S/c1-6-7-14-27-25(31)18(2)28(16-19-10-8-9-11-21(19)26)24(30)17-29(36(5,32)33)22-13-12-20(34-3)15-23(22)35-4/h8-13,15,18H,6-7,14,16-17H2,1-5H3,(H,27,31). The van der Waals surface area contributed by atoms with Crippen LogP contribution in [0.3, 0.4) is 0 Å². The summed E-state index contributed by atoms with van der Waals surface area (Å²) >= 11 is 0. The number of carbonyl (C=O) groups is 2. The molecule has 0 saturated heterocycles. The van der Waals surface area contributed by atoms with Crippen molar-refractivity contribution in [1.29, 1.82) is 0 Å². The maximum Gasteiger partial charge on any atom is 0.244 e. The van der Waals surface area contributed by atoms with Gasteiger partial charge in [0.05, 0.1) is 26.2 Å². The highest BCUT2D eigenvalue weighted by Crippen LogP contribution is 2.33. The van der Waals surface area contributed by atoms with E-state index in [2.05, 4.69) is 5.32 Å². The van der Waals surface area contributed by atoms with E-state index in [1.165, 1.54) is 56.4 Å². The van der Waals surface area contributed by atoms with Crippen LogP contribution in [0.4, 0.5) is 10.1 Å². The molecule has 2 amide bonds. The quantitative estimate of drug-likeness (QED) is 0.405. The normalized spacial score (nSPS) is 11.9. The Hall–Kier alpha value is -3.34. The van der Waals surface area contributed by atoms with Crippen LogP contribution in [0, 0.1) is 5.82 Å². The molecular formula is C25H34FN3O6S. The SMILES string of the molecule is CCCCNC(=O)C(C)N(Cc1ccccc1F)C(=O)CN(c1ccc(OC)cc1OC)S(C)(=O)=O. The van der Waals surface area contributed by atoms with E-state index < -0.39 is 40.2 Å². The van der Waals surface area contributed by atoms with Crippen LogP contribution >= 0.6 is 0 Å². The highest BCUT2D eigenvalue weighted by atomic mass is 32.2. The molecule has 11 heteroatoms. The van der Waals surface area contributed by atoms with E-state index in [1.54, 1.807) is 12.1 Å². The number of nitrogens with one attached hydrogen (secondary N) is 1. The Morgan fingerprint density at radius 3 is 2.39 bits per heavy atom. The highest BCUT2D eigenvalue weighted by molar-refractivity contribution is 7.92. The number of anilines is 1. The minimum absolute atomic E-state index is 0.125. The smallest absolute Gasteiger partial charge is 0.244 e. The Labute approximate surface area is 212 Å². The number of halogens is 1. The Morgan fingerprint density at radius 2 is 1.81 bits per heavy atom. The van der Waals surface area contributed by atoms with Gasteiger partial charge in [-0.15, -0.1) is 0 Å². The monoisotopic (exact) mass is 523 g/mol. The van der Waals surface area contributed by atoms with Gasteiger partial charge in [-0.1, -0.05) is 31.5 Å². The minimum Gasteiger partial charge on any atom is -0.497 e. The fourth-order valence-electron chi connectivity index (χ4n) is 3.51. The number of nitrogens with zero attached hydrogens (tertiary/aromatic N) is 2. The number of hydrogen-bond donors (Lipinski definition) is 1. The van der Waals surface area contributed by atoms with Crippen molar-refractivity contribution < 1.29 is 31.9 Å². The summed E-state index contributed by atoms with van der Waals surface area (Å²) in [6.45, 7) is 3.10. The molecular weight excluding hydrogens is 489 g/mol. The average molecular weight is 524 g/mol. The number of benzene rings is 2. The first-order valence-electron chi connectivity index (χ1n) is 11.5. The Morgan fingerprint density at radius 1 is 1.11 bits per heavy atom. The number of unbranched alkanes of at least 4 members (excludes halogenated alkanes) is 1. The fraction of sp³-hybridized carbons (Fsp3) is 0.440. The fourth-order valence-corrected chi connectivity index (χ4v) is 4.37. The number of ether oxygens (including phenoxy) is 2. The van der Waals surface area contributed by atoms with E-state index in [9.17, 15) is 22.4 Å². The average Bonchev–Trinajstić information content (AvgIpc) is 2.85. The Bertz CT molecular complexity index is 1160. The zero-order chi connectivity index (χ0) is 26.9. The molecule has 2 aromatic rings. The molecule has 0 fully saturated rings. The van der Waals surface area contributed by atoms with Gasteiger partial charge in [0.1, 0.15) is 29.9 Å². The second-order valence-electron chi connectivity index (χ2n) is 8.24. The van der Waals surface area contributed by atoms with E-state index in [0.29, 0.717) is 12.3 Å². The first-order valence-corrected chi connectivity index (χ1v) is 13.4. The van der Waals surface area contributed by atoms with Crippen molar-refractivity contribution in [3.05, 3.63) is 53.8 Å². The molecule has 0 saturated carbocycles. The summed E-state index contributed by atoms with van der Waals surface area (Å²) in [4.78, 5) is 27.5. The van der Waals surface area contributed by atoms with Gasteiger partial charge in [-0.05, 0) is 31.5 Å². The number of amides is 2. The minimum atomic E-state index is -3.95. The van der Waals surface area contributed by atoms with Gasteiger partial charge >= 0.3 is 0 Å². The van der Waals surface area contributed by atoms with E-state index in [4.69, 9.17) is 9.47 Å². The maximum absolute atomic E-state index is 14.4. The summed E-state index contributed by atoms with van der Waals surface area (Å²) < 4.78 is 51.3. The molecule has 0 heterocycles. The van der Waals surface area contributed by atoms with Gasteiger partial charge in [0, 0.05) is 24.7 Å². The van der Waals surface area contributed by atoms with Crippen LogP contribution < -0.4 is 19.1 Å². The molecule has 0 aliphatic heterocycles. The molecule has 1 atom stereocenters. The molecule has 2 aromatic carbocycles. The van der Waals surface area contributed by atoms with Crippen molar-refractivity contribution in [3.8, 4) is 11.5 Å². The second-order valence-corrected chi connectivity index (χ2v) is 10.1. The predicted molar refractivity (Wildman–Crippen MR) is 136 cm³/mol. The third-order valence-electron chi connectivity index (χ3n) is 5.63. The molecule has 1 unspecified atom stereocenters. The van der Waals surface area contributed by atoms with Crippen LogP contribution in [0.1, 0.15) is 32.3 Å². The number of carbonyl (C=O) groups excluding carboxylic acids is 2. The van der Waals surface area contributed by atoms with Gasteiger partial charge in [0.15, 0.2) is 0 Å². The molecule has 0 aromatic heterocycles. The van der Waals surface area contributed by atoms with Crippen molar-refractivity contribution in [2.24, 2.45) is 0 Å². The summed E-state index contributed by atoms with van der Waals surface area (Å²) in [6.07, 6.45) is 2.60. The second kappa shape index (κ2) is 13.1. The van der Waals surface area contributed by atoms with Gasteiger partial charge in [0.2, 0.25) is 21.8 Å². The third kappa shape index (κ3) is 7.58. The van der Waals surface area contributed by atoms with E-state index in [1.807, 2.05) is 6.92 Å². The largest absolute Gasteiger partial charge is 0.497 e. The number of rotatable bonds is 13. The molecule has 198 valence electrons. The topological polar surface area (TPSA) is 105 Å². The number of hydrogen-bond acceptors (Lipinski definition) is 6. The first-order chi connectivity index (χ1) is 17.0. The van der Waals surface area contributed by atoms with Crippen LogP contribution in [0.15, 0.2) is 42.5 Å². The number of methoxy groups -OCH3 is 2. The van der Waals surface area contributed by atoms with Crippen molar-refractivity contribution in [2.75, 3.05) is 37.9 Å². The summed E-state index contributed by atoms with van der Waals surface area (Å²) in [7, 11) is -1.13. The molecule has 0 bridgehead atoms. The lowest BCUT2D eigenvalue weighted by molar-refractivity contribution is -0.139. The molecule has 9 nitrogen and oxygen atoms in total. The molecule has 0 aliphatic carbocycles. The van der Waals surface area contributed by atoms with Gasteiger partial charge in [-0.3, -0.25) is 13.9 Å². The molecule has 0 aliphatic rings. The maximum atomic E-state index is 14.4. The van der Waals surface area contributed by atoms with Gasteiger partial charge < -0.3 is 19.7 Å². The Balaban J connectivity index is 2.44. The molecule has 36 heavy (non-hydrogen) atoms. The predicted octanol–water partition coefficient (Wildman–Crippen LogP) is 2.94. The zero-order valence-corrected chi connectivity index (χ0v) is 22.1. The molecule has 2 rings (SSSR count). The van der Waals surface area contributed by atoms with Crippen molar-refractivity contribution in [3.63, 3.8) is 0 Å². The van der Waals surface area contributed by atoms with Crippen LogP contribution in [0.25, 0.3) is 0 Å². The van der Waals surface area contributed by atoms with Crippen LogP contribution in [0.2, 0.25) is 0 Å². The van der Waals surface area contributed by atoms with Crippen molar-refractivity contribution >= 4 is 27.5 Å². The zero-order valence-electron chi connectivity index (χ0n) is 21.3. The van der Waals surface area contributed by atoms with Crippen LogP contribution in [-0.4, -0.2) is 64.7 Å². The number of sulfonamides is 1. The molecule has 0 spiro atoms. The molecule has 0 radical (unpaired) electrons. The first kappa shape index (κ1) is 28.9. The molecule has 1 N–H and O–H groups in total. The van der Waals surface area contributed by atoms with E-state index >= 15 is 0 Å². The highest BCUT2D eigenvalue weighted by Gasteiger charge is 2.31. The summed E-state index contributed by atoms with van der Waals surface area (Å²) in [5.74, 6) is -1.01. The summed E-state index contributed by atoms with van der Waals surface area (Å²) in [6, 6.07) is 9.44. The van der Waals surface area contributed by atoms with Crippen LogP contribution in [0.5, 0.6) is 11.5 Å². The van der Waals surface area contributed by atoms with Crippen molar-refractivity contribution in [2.45, 2.75) is 39.3 Å². The van der Waals surface area contributed by atoms with Gasteiger partial charge in [0.25, 0.3) is 0 Å². The van der Waals surface area contributed by atoms with E-state index in [0.717, 1.165) is 23.4 Å². The van der Waals surface area contributed by atoms with Crippen LogP contribution in [-0.2, 0) is 26.2 Å². The van der Waals surface area contributed by atoms with Gasteiger partial charge in [-0.25, -0.2) is 12.8 Å². The lowest BCUT2D eigenvalue weighted by Crippen LogP contribution is -2.51. The Kier molecular flexibility index (Phi) is 10.5. The lowest BCUT2D eigenvalue weighted by Gasteiger charge is -2.32. The summed E-state index contributed by atoms with van der Waals surface area (Å²) in [5.41, 5.74) is 0.326. The third-order valence-corrected chi connectivity index (χ3v) is 6.76. The van der Waals surface area contributed by atoms with Gasteiger partial charge in [-0.2, -0.15) is 0 Å².